The maximum Gasteiger partial charge on any atom is 0.419 e. The van der Waals surface area contributed by atoms with Gasteiger partial charge in [-0.2, -0.15) is 13.2 Å². The highest BCUT2D eigenvalue weighted by atomic mass is 19.4. The maximum absolute atomic E-state index is 13.1. The Kier molecular flexibility index (Phi) is 4.25. The van der Waals surface area contributed by atoms with E-state index in [4.69, 9.17) is 0 Å². The number of amides is 1. The Balaban J connectivity index is 2.22. The Labute approximate surface area is 122 Å². The summed E-state index contributed by atoms with van der Waals surface area (Å²) >= 11 is 0. The smallest absolute Gasteiger partial charge is 0.322 e. The Morgan fingerprint density at radius 3 is 2.23 bits per heavy atom. The summed E-state index contributed by atoms with van der Waals surface area (Å²) in [7, 11) is 0. The SMILES string of the molecule is O=Cc1ccc(C(=O)Nc2ccc(F)c(C(F)(F)F)c2)cc1. The van der Waals surface area contributed by atoms with Crippen LogP contribution in [0.3, 0.4) is 0 Å². The molecule has 0 bridgehead atoms. The molecular weight excluding hydrogens is 302 g/mol. The molecule has 0 fully saturated rings. The van der Waals surface area contributed by atoms with Crippen LogP contribution in [0.15, 0.2) is 42.5 Å². The molecule has 0 radical (unpaired) electrons. The van der Waals surface area contributed by atoms with Gasteiger partial charge in [-0.25, -0.2) is 4.39 Å². The van der Waals surface area contributed by atoms with Crippen LogP contribution in [0.5, 0.6) is 0 Å². The molecule has 2 aromatic rings. The van der Waals surface area contributed by atoms with Crippen LogP contribution < -0.4 is 5.32 Å². The summed E-state index contributed by atoms with van der Waals surface area (Å²) in [6.07, 6.45) is -4.26. The fraction of sp³-hybridized carbons (Fsp3) is 0.0667. The average molecular weight is 311 g/mol. The van der Waals surface area contributed by atoms with Gasteiger partial charge in [0, 0.05) is 16.8 Å². The molecular formula is C15H9F4NO2. The van der Waals surface area contributed by atoms with Gasteiger partial charge >= 0.3 is 6.18 Å². The molecule has 0 aromatic heterocycles. The second kappa shape index (κ2) is 5.97. The van der Waals surface area contributed by atoms with Gasteiger partial charge in [-0.1, -0.05) is 12.1 Å². The van der Waals surface area contributed by atoms with Crippen LogP contribution in [0.1, 0.15) is 26.3 Å². The number of aldehydes is 1. The summed E-state index contributed by atoms with van der Waals surface area (Å²) in [6, 6.07) is 7.69. The van der Waals surface area contributed by atoms with Crippen molar-refractivity contribution in [3.63, 3.8) is 0 Å². The first-order chi connectivity index (χ1) is 10.3. The van der Waals surface area contributed by atoms with E-state index < -0.39 is 23.5 Å². The lowest BCUT2D eigenvalue weighted by Crippen LogP contribution is -2.14. The zero-order valence-corrected chi connectivity index (χ0v) is 10.9. The molecule has 0 saturated heterocycles. The molecule has 0 atom stereocenters. The van der Waals surface area contributed by atoms with E-state index in [1.165, 1.54) is 24.3 Å². The number of hydrogen-bond acceptors (Lipinski definition) is 2. The standard InChI is InChI=1S/C15H9F4NO2/c16-13-6-5-11(7-12(13)15(17,18)19)20-14(22)10-3-1-9(8-21)2-4-10/h1-8H,(H,20,22). The number of hydrogen-bond donors (Lipinski definition) is 1. The van der Waals surface area contributed by atoms with Crippen LogP contribution in [0, 0.1) is 5.82 Å². The van der Waals surface area contributed by atoms with E-state index >= 15 is 0 Å². The Hall–Kier alpha value is -2.70. The summed E-state index contributed by atoms with van der Waals surface area (Å²) in [5, 5.41) is 2.24. The van der Waals surface area contributed by atoms with E-state index in [0.717, 1.165) is 6.07 Å². The number of carbonyl (C=O) groups is 2. The first-order valence-corrected chi connectivity index (χ1v) is 6.04. The summed E-state index contributed by atoms with van der Waals surface area (Å²) in [6.45, 7) is 0. The van der Waals surface area contributed by atoms with E-state index in [0.29, 0.717) is 24.0 Å². The number of halogens is 4. The van der Waals surface area contributed by atoms with Gasteiger partial charge in [0.2, 0.25) is 0 Å². The summed E-state index contributed by atoms with van der Waals surface area (Å²) < 4.78 is 50.9. The van der Waals surface area contributed by atoms with Crippen LogP contribution >= 0.6 is 0 Å². The minimum absolute atomic E-state index is 0.156. The topological polar surface area (TPSA) is 46.2 Å². The summed E-state index contributed by atoms with van der Waals surface area (Å²) in [5.74, 6) is -2.09. The van der Waals surface area contributed by atoms with Gasteiger partial charge in [0.25, 0.3) is 5.91 Å². The van der Waals surface area contributed by atoms with E-state index in [9.17, 15) is 27.2 Å². The second-order valence-corrected chi connectivity index (χ2v) is 4.39. The minimum atomic E-state index is -4.85. The third-order valence-electron chi connectivity index (χ3n) is 2.84. The van der Waals surface area contributed by atoms with Crippen molar-refractivity contribution in [2.45, 2.75) is 6.18 Å². The van der Waals surface area contributed by atoms with Crippen molar-refractivity contribution in [3.05, 3.63) is 65.0 Å². The molecule has 0 aliphatic carbocycles. The van der Waals surface area contributed by atoms with Gasteiger partial charge < -0.3 is 5.32 Å². The Morgan fingerprint density at radius 2 is 1.68 bits per heavy atom. The number of carbonyl (C=O) groups excluding carboxylic acids is 2. The zero-order chi connectivity index (χ0) is 16.3. The maximum atomic E-state index is 13.1. The summed E-state index contributed by atoms with van der Waals surface area (Å²) in [5.41, 5.74) is -1.12. The van der Waals surface area contributed by atoms with E-state index in [2.05, 4.69) is 5.32 Å². The van der Waals surface area contributed by atoms with Crippen LogP contribution in [0.2, 0.25) is 0 Å². The molecule has 0 aliphatic rings. The monoisotopic (exact) mass is 311 g/mol. The molecule has 2 rings (SSSR count). The fourth-order valence-electron chi connectivity index (χ4n) is 1.74. The number of nitrogens with one attached hydrogen (secondary N) is 1. The van der Waals surface area contributed by atoms with Crippen LogP contribution in [0.4, 0.5) is 23.2 Å². The lowest BCUT2D eigenvalue weighted by molar-refractivity contribution is -0.139. The zero-order valence-electron chi connectivity index (χ0n) is 10.9. The first kappa shape index (κ1) is 15.7. The molecule has 0 saturated carbocycles. The molecule has 0 unspecified atom stereocenters. The Morgan fingerprint density at radius 1 is 1.05 bits per heavy atom. The van der Waals surface area contributed by atoms with Gasteiger partial charge in [0.1, 0.15) is 12.1 Å². The van der Waals surface area contributed by atoms with Crippen molar-refractivity contribution >= 4 is 17.9 Å². The average Bonchev–Trinajstić information content (AvgIpc) is 2.48. The lowest BCUT2D eigenvalue weighted by atomic mass is 10.1. The van der Waals surface area contributed by atoms with Gasteiger partial charge in [-0.3, -0.25) is 9.59 Å². The van der Waals surface area contributed by atoms with Crippen molar-refractivity contribution in [2.75, 3.05) is 5.32 Å². The van der Waals surface area contributed by atoms with E-state index in [-0.39, 0.29) is 11.3 Å². The highest BCUT2D eigenvalue weighted by Crippen LogP contribution is 2.33. The van der Waals surface area contributed by atoms with E-state index in [1.807, 2.05) is 0 Å². The molecule has 0 spiro atoms. The number of anilines is 1. The van der Waals surface area contributed by atoms with E-state index in [1.54, 1.807) is 0 Å². The van der Waals surface area contributed by atoms with Gasteiger partial charge in [0.15, 0.2) is 0 Å². The molecule has 7 heteroatoms. The quantitative estimate of drug-likeness (QED) is 0.690. The third-order valence-corrected chi connectivity index (χ3v) is 2.84. The minimum Gasteiger partial charge on any atom is -0.322 e. The van der Waals surface area contributed by atoms with Crippen LogP contribution in [-0.2, 0) is 6.18 Å². The van der Waals surface area contributed by atoms with Crippen molar-refractivity contribution < 1.29 is 27.2 Å². The molecule has 2 aromatic carbocycles. The highest BCUT2D eigenvalue weighted by Gasteiger charge is 2.34. The van der Waals surface area contributed by atoms with Crippen LogP contribution in [-0.4, -0.2) is 12.2 Å². The van der Waals surface area contributed by atoms with Gasteiger partial charge in [0.05, 0.1) is 5.56 Å². The highest BCUT2D eigenvalue weighted by molar-refractivity contribution is 6.04. The molecule has 0 heterocycles. The predicted molar refractivity (Wildman–Crippen MR) is 71.2 cm³/mol. The molecule has 22 heavy (non-hydrogen) atoms. The lowest BCUT2D eigenvalue weighted by Gasteiger charge is -2.11. The second-order valence-electron chi connectivity index (χ2n) is 4.39. The number of alkyl halides is 3. The first-order valence-electron chi connectivity index (χ1n) is 6.04. The molecule has 3 nitrogen and oxygen atoms in total. The van der Waals surface area contributed by atoms with Crippen LogP contribution in [0.25, 0.3) is 0 Å². The van der Waals surface area contributed by atoms with Crippen molar-refractivity contribution in [1.82, 2.24) is 0 Å². The number of benzene rings is 2. The largest absolute Gasteiger partial charge is 0.419 e. The summed E-state index contributed by atoms with van der Waals surface area (Å²) in [4.78, 5) is 22.4. The van der Waals surface area contributed by atoms with Gasteiger partial charge in [-0.15, -0.1) is 0 Å². The molecule has 114 valence electrons. The fourth-order valence-corrected chi connectivity index (χ4v) is 1.74. The van der Waals surface area contributed by atoms with Gasteiger partial charge in [-0.05, 0) is 30.3 Å². The third kappa shape index (κ3) is 3.49. The van der Waals surface area contributed by atoms with Crippen molar-refractivity contribution in [1.29, 1.82) is 0 Å². The Bertz CT molecular complexity index is 708. The van der Waals surface area contributed by atoms with Crippen molar-refractivity contribution in [3.8, 4) is 0 Å². The number of rotatable bonds is 3. The van der Waals surface area contributed by atoms with Crippen molar-refractivity contribution in [2.24, 2.45) is 0 Å². The molecule has 0 aliphatic heterocycles. The molecule has 1 N–H and O–H groups in total. The predicted octanol–water partition coefficient (Wildman–Crippen LogP) is 3.91. The molecule has 1 amide bonds. The normalized spacial score (nSPS) is 11.1.